The molecule has 2 aliphatic heterocycles. The van der Waals surface area contributed by atoms with Crippen LogP contribution < -0.4 is 5.32 Å². The van der Waals surface area contributed by atoms with Gasteiger partial charge in [-0.1, -0.05) is 12.8 Å². The van der Waals surface area contributed by atoms with Crippen LogP contribution in [0, 0.1) is 11.8 Å². The predicted molar refractivity (Wildman–Crippen MR) is 119 cm³/mol. The zero-order valence-electron chi connectivity index (χ0n) is 17.2. The minimum Gasteiger partial charge on any atom is -0.381 e. The Bertz CT molecular complexity index is 449. The van der Waals surface area contributed by atoms with Crippen LogP contribution in [0.25, 0.3) is 0 Å². The molecule has 2 unspecified atom stereocenters. The fraction of sp³-hybridized carbons (Fsp3) is 0.950. The monoisotopic (exact) mass is 478 g/mol. The van der Waals surface area contributed by atoms with Gasteiger partial charge in [0.15, 0.2) is 5.96 Å². The largest absolute Gasteiger partial charge is 0.381 e. The van der Waals surface area contributed by atoms with E-state index in [0.717, 1.165) is 50.3 Å². The number of ether oxygens (including phenoxy) is 1. The van der Waals surface area contributed by atoms with Crippen molar-refractivity contribution in [3.8, 4) is 0 Å². The van der Waals surface area contributed by atoms with E-state index in [4.69, 9.17) is 4.74 Å². The molecule has 1 aliphatic carbocycles. The second-order valence-corrected chi connectivity index (χ2v) is 8.84. The van der Waals surface area contributed by atoms with Crippen LogP contribution >= 0.6 is 24.0 Å². The molecule has 26 heavy (non-hydrogen) atoms. The van der Waals surface area contributed by atoms with Crippen molar-refractivity contribution in [1.82, 2.24) is 15.1 Å². The Morgan fingerprint density at radius 3 is 2.15 bits per heavy atom. The number of fused-ring (bicyclic) bond motifs is 1. The van der Waals surface area contributed by atoms with Crippen LogP contribution in [0.4, 0.5) is 0 Å². The van der Waals surface area contributed by atoms with Gasteiger partial charge in [-0.2, -0.15) is 0 Å². The summed E-state index contributed by atoms with van der Waals surface area (Å²) in [4.78, 5) is 9.71. The van der Waals surface area contributed by atoms with E-state index in [1.165, 1.54) is 38.8 Å². The van der Waals surface area contributed by atoms with Crippen molar-refractivity contribution in [2.75, 3.05) is 46.9 Å². The number of hydrogen-bond acceptors (Lipinski definition) is 3. The summed E-state index contributed by atoms with van der Waals surface area (Å²) in [6, 6.07) is 0. The first kappa shape index (κ1) is 22.2. The smallest absolute Gasteiger partial charge is 0.193 e. The molecule has 0 radical (unpaired) electrons. The third kappa shape index (κ3) is 5.25. The minimum atomic E-state index is 0. The third-order valence-electron chi connectivity index (χ3n) is 6.80. The van der Waals surface area contributed by atoms with Crippen molar-refractivity contribution < 1.29 is 4.74 Å². The number of hydrogen-bond donors (Lipinski definition) is 1. The first-order valence-electron chi connectivity index (χ1n) is 10.3. The third-order valence-corrected chi connectivity index (χ3v) is 6.80. The van der Waals surface area contributed by atoms with Gasteiger partial charge in [0.25, 0.3) is 0 Å². The quantitative estimate of drug-likeness (QED) is 0.383. The van der Waals surface area contributed by atoms with Crippen molar-refractivity contribution in [1.29, 1.82) is 0 Å². The number of likely N-dealkylation sites (tertiary alicyclic amines) is 2. The maximum absolute atomic E-state index is 5.51. The number of piperidine rings is 1. The van der Waals surface area contributed by atoms with Gasteiger partial charge in [-0.15, -0.1) is 24.0 Å². The summed E-state index contributed by atoms with van der Waals surface area (Å²) in [5.41, 5.74) is 0.140. The van der Waals surface area contributed by atoms with E-state index in [1.807, 2.05) is 14.2 Å². The van der Waals surface area contributed by atoms with Gasteiger partial charge >= 0.3 is 0 Å². The van der Waals surface area contributed by atoms with Crippen LogP contribution in [-0.4, -0.2) is 74.3 Å². The van der Waals surface area contributed by atoms with Crippen LogP contribution in [0.2, 0.25) is 0 Å². The number of nitrogens with zero attached hydrogens (tertiary/aromatic N) is 3. The fourth-order valence-corrected chi connectivity index (χ4v) is 5.02. The standard InChI is InChI=1S/C20H38N4O.HI/c1-20(2,24-11-9-18(25-4)10-12-24)15-22-19(21-3)23-13-16-7-5-6-8-17(16)14-23;/h16-18H,5-15H2,1-4H3,(H,21,22);1H. The highest BCUT2D eigenvalue weighted by Crippen LogP contribution is 2.36. The molecular weight excluding hydrogens is 439 g/mol. The summed E-state index contributed by atoms with van der Waals surface area (Å²) < 4.78 is 5.51. The predicted octanol–water partition coefficient (Wildman–Crippen LogP) is 3.19. The average molecular weight is 478 g/mol. The molecule has 2 heterocycles. The molecule has 1 saturated carbocycles. The molecule has 0 aromatic rings. The van der Waals surface area contributed by atoms with Gasteiger partial charge in [-0.3, -0.25) is 9.89 Å². The molecule has 3 aliphatic rings. The SMILES string of the molecule is CN=C(NCC(C)(C)N1CCC(OC)CC1)N1CC2CCCCC2C1.I. The zero-order valence-corrected chi connectivity index (χ0v) is 19.5. The fourth-order valence-electron chi connectivity index (χ4n) is 5.02. The summed E-state index contributed by atoms with van der Waals surface area (Å²) in [5.74, 6) is 2.90. The van der Waals surface area contributed by atoms with Crippen molar-refractivity contribution >= 4 is 29.9 Å². The van der Waals surface area contributed by atoms with E-state index in [-0.39, 0.29) is 29.5 Å². The number of halogens is 1. The van der Waals surface area contributed by atoms with E-state index < -0.39 is 0 Å². The highest BCUT2D eigenvalue weighted by Gasteiger charge is 2.36. The van der Waals surface area contributed by atoms with Gasteiger partial charge in [0.2, 0.25) is 0 Å². The first-order valence-corrected chi connectivity index (χ1v) is 10.3. The molecule has 0 amide bonds. The molecule has 0 spiro atoms. The Balaban J connectivity index is 0.00000243. The van der Waals surface area contributed by atoms with Crippen molar-refractivity contribution in [2.24, 2.45) is 16.8 Å². The minimum absolute atomic E-state index is 0. The highest BCUT2D eigenvalue weighted by atomic mass is 127. The van der Waals surface area contributed by atoms with Gasteiger partial charge in [0, 0.05) is 52.4 Å². The Kier molecular flexibility index (Phi) is 8.47. The molecule has 152 valence electrons. The second kappa shape index (κ2) is 9.92. The Hall–Kier alpha value is -0.0800. The molecule has 5 nitrogen and oxygen atoms in total. The normalized spacial score (nSPS) is 28.6. The molecule has 2 atom stereocenters. The van der Waals surface area contributed by atoms with Crippen LogP contribution in [0.5, 0.6) is 0 Å². The summed E-state index contributed by atoms with van der Waals surface area (Å²) in [6.45, 7) is 10.3. The lowest BCUT2D eigenvalue weighted by atomic mass is 9.82. The number of rotatable bonds is 4. The molecule has 1 N–H and O–H groups in total. The molecule has 0 bridgehead atoms. The summed E-state index contributed by atoms with van der Waals surface area (Å²) in [5, 5.41) is 3.69. The molecule has 3 rings (SSSR count). The molecule has 2 saturated heterocycles. The van der Waals surface area contributed by atoms with Crippen LogP contribution in [-0.2, 0) is 4.74 Å². The second-order valence-electron chi connectivity index (χ2n) is 8.84. The van der Waals surface area contributed by atoms with Gasteiger partial charge in [-0.05, 0) is 51.4 Å². The highest BCUT2D eigenvalue weighted by molar-refractivity contribution is 14.0. The van der Waals surface area contributed by atoms with Crippen LogP contribution in [0.3, 0.4) is 0 Å². The van der Waals surface area contributed by atoms with Gasteiger partial charge in [-0.25, -0.2) is 0 Å². The van der Waals surface area contributed by atoms with Crippen molar-refractivity contribution in [2.45, 2.75) is 64.0 Å². The molecule has 6 heteroatoms. The van der Waals surface area contributed by atoms with E-state index in [1.54, 1.807) is 0 Å². The molecule has 0 aromatic carbocycles. The maximum Gasteiger partial charge on any atom is 0.193 e. The number of aliphatic imine (C=N–C) groups is 1. The van der Waals surface area contributed by atoms with Gasteiger partial charge < -0.3 is 15.0 Å². The average Bonchev–Trinajstić information content (AvgIpc) is 3.06. The first-order chi connectivity index (χ1) is 12.0. The topological polar surface area (TPSA) is 40.1 Å². The summed E-state index contributed by atoms with van der Waals surface area (Å²) in [7, 11) is 3.77. The van der Waals surface area contributed by atoms with Crippen LogP contribution in [0.1, 0.15) is 52.4 Å². The Morgan fingerprint density at radius 1 is 1.08 bits per heavy atom. The number of methoxy groups -OCH3 is 1. The zero-order chi connectivity index (χ0) is 17.9. The Labute approximate surface area is 177 Å². The van der Waals surface area contributed by atoms with E-state index in [0.29, 0.717) is 6.10 Å². The van der Waals surface area contributed by atoms with Crippen molar-refractivity contribution in [3.05, 3.63) is 0 Å². The Morgan fingerprint density at radius 2 is 1.65 bits per heavy atom. The molecule has 0 aromatic heterocycles. The number of nitrogens with one attached hydrogen (secondary N) is 1. The van der Waals surface area contributed by atoms with E-state index in [2.05, 4.69) is 34.0 Å². The van der Waals surface area contributed by atoms with E-state index >= 15 is 0 Å². The van der Waals surface area contributed by atoms with Gasteiger partial charge in [0.1, 0.15) is 0 Å². The van der Waals surface area contributed by atoms with E-state index in [9.17, 15) is 0 Å². The summed E-state index contributed by atoms with van der Waals surface area (Å²) >= 11 is 0. The van der Waals surface area contributed by atoms with Crippen molar-refractivity contribution in [3.63, 3.8) is 0 Å². The lowest BCUT2D eigenvalue weighted by Crippen LogP contribution is -2.56. The van der Waals surface area contributed by atoms with Gasteiger partial charge in [0.05, 0.1) is 6.10 Å². The lowest BCUT2D eigenvalue weighted by molar-refractivity contribution is 0.00767. The molecule has 3 fully saturated rings. The maximum atomic E-state index is 5.51. The number of guanidine groups is 1. The summed E-state index contributed by atoms with van der Waals surface area (Å²) in [6.07, 6.45) is 8.40. The van der Waals surface area contributed by atoms with Crippen LogP contribution in [0.15, 0.2) is 4.99 Å². The molecular formula is C20H39IN4O. The lowest BCUT2D eigenvalue weighted by Gasteiger charge is -2.43.